The third kappa shape index (κ3) is 3.48. The van der Waals surface area contributed by atoms with Crippen LogP contribution in [0.3, 0.4) is 0 Å². The first kappa shape index (κ1) is 13.4. The lowest BCUT2D eigenvalue weighted by atomic mass is 10.1. The van der Waals surface area contributed by atoms with Gasteiger partial charge in [0.25, 0.3) is 0 Å². The van der Waals surface area contributed by atoms with Crippen LogP contribution in [0.5, 0.6) is 5.75 Å². The number of carbonyl (C=O) groups is 1. The van der Waals surface area contributed by atoms with E-state index in [1.54, 1.807) is 30.3 Å². The molecule has 0 aromatic heterocycles. The second kappa shape index (κ2) is 5.76. The minimum Gasteiger partial charge on any atom is -0.410 e. The Morgan fingerprint density at radius 1 is 1.16 bits per heavy atom. The van der Waals surface area contributed by atoms with Gasteiger partial charge in [0.05, 0.1) is 0 Å². The summed E-state index contributed by atoms with van der Waals surface area (Å²) in [5.41, 5.74) is 2.62. The van der Waals surface area contributed by atoms with Crippen molar-refractivity contribution in [3.63, 3.8) is 0 Å². The van der Waals surface area contributed by atoms with Crippen LogP contribution in [0, 0.1) is 13.8 Å². The molecule has 0 saturated carbocycles. The Kier molecular flexibility index (Phi) is 4.07. The van der Waals surface area contributed by atoms with Crippen LogP contribution in [-0.4, -0.2) is 6.09 Å². The largest absolute Gasteiger partial charge is 0.417 e. The molecule has 0 atom stereocenters. The first-order valence-electron chi connectivity index (χ1n) is 5.87. The second-order valence-electron chi connectivity index (χ2n) is 4.22. The van der Waals surface area contributed by atoms with Crippen molar-refractivity contribution in [3.05, 3.63) is 58.6 Å². The van der Waals surface area contributed by atoms with Gasteiger partial charge in [-0.3, -0.25) is 5.32 Å². The molecule has 0 bridgehead atoms. The Labute approximate surface area is 117 Å². The van der Waals surface area contributed by atoms with Crippen molar-refractivity contribution in [1.82, 2.24) is 0 Å². The van der Waals surface area contributed by atoms with Crippen molar-refractivity contribution < 1.29 is 9.53 Å². The van der Waals surface area contributed by atoms with Gasteiger partial charge in [-0.05, 0) is 49.2 Å². The molecule has 1 amide bonds. The average Bonchev–Trinajstić information content (AvgIpc) is 2.35. The average molecular weight is 276 g/mol. The van der Waals surface area contributed by atoms with E-state index < -0.39 is 6.09 Å². The fourth-order valence-corrected chi connectivity index (χ4v) is 1.83. The van der Waals surface area contributed by atoms with Crippen LogP contribution >= 0.6 is 11.6 Å². The van der Waals surface area contributed by atoms with E-state index in [9.17, 15) is 4.79 Å². The predicted molar refractivity (Wildman–Crippen MR) is 77.0 cm³/mol. The van der Waals surface area contributed by atoms with Crippen LogP contribution in [-0.2, 0) is 0 Å². The zero-order valence-corrected chi connectivity index (χ0v) is 11.5. The monoisotopic (exact) mass is 275 g/mol. The summed E-state index contributed by atoms with van der Waals surface area (Å²) in [6.45, 7) is 3.88. The van der Waals surface area contributed by atoms with E-state index in [-0.39, 0.29) is 0 Å². The number of anilines is 1. The number of ether oxygens (including phenoxy) is 1. The lowest BCUT2D eigenvalue weighted by Gasteiger charge is -2.10. The van der Waals surface area contributed by atoms with Crippen molar-refractivity contribution in [2.75, 3.05) is 5.32 Å². The zero-order chi connectivity index (χ0) is 13.8. The van der Waals surface area contributed by atoms with Gasteiger partial charge in [0, 0.05) is 10.7 Å². The van der Waals surface area contributed by atoms with E-state index in [0.717, 1.165) is 11.1 Å². The molecule has 0 unspecified atom stereocenters. The highest BCUT2D eigenvalue weighted by molar-refractivity contribution is 6.30. The van der Waals surface area contributed by atoms with Gasteiger partial charge in [-0.25, -0.2) is 4.79 Å². The lowest BCUT2D eigenvalue weighted by Crippen LogP contribution is -2.17. The van der Waals surface area contributed by atoms with Crippen LogP contribution in [0.2, 0.25) is 5.02 Å². The molecule has 0 saturated heterocycles. The highest BCUT2D eigenvalue weighted by atomic mass is 35.5. The van der Waals surface area contributed by atoms with Gasteiger partial charge in [0.2, 0.25) is 0 Å². The number of benzene rings is 2. The Balaban J connectivity index is 2.08. The molecule has 2 aromatic rings. The molecule has 0 aliphatic rings. The van der Waals surface area contributed by atoms with Crippen molar-refractivity contribution in [1.29, 1.82) is 0 Å². The van der Waals surface area contributed by atoms with Crippen LogP contribution in [0.25, 0.3) is 0 Å². The van der Waals surface area contributed by atoms with E-state index in [0.29, 0.717) is 16.5 Å². The molecule has 2 rings (SSSR count). The van der Waals surface area contributed by atoms with E-state index >= 15 is 0 Å². The molecule has 0 radical (unpaired) electrons. The lowest BCUT2D eigenvalue weighted by molar-refractivity contribution is 0.215. The summed E-state index contributed by atoms with van der Waals surface area (Å²) in [6.07, 6.45) is -0.532. The Hall–Kier alpha value is -2.00. The molecule has 19 heavy (non-hydrogen) atoms. The predicted octanol–water partition coefficient (Wildman–Crippen LogP) is 4.57. The molecule has 0 spiro atoms. The summed E-state index contributed by atoms with van der Waals surface area (Å²) in [5, 5.41) is 3.19. The Morgan fingerprint density at radius 2 is 1.89 bits per heavy atom. The highest BCUT2D eigenvalue weighted by Gasteiger charge is 2.08. The molecule has 0 aliphatic heterocycles. The molecular weight excluding hydrogens is 262 g/mol. The third-order valence-corrected chi connectivity index (χ3v) is 3.06. The van der Waals surface area contributed by atoms with Gasteiger partial charge >= 0.3 is 6.09 Å². The van der Waals surface area contributed by atoms with Crippen molar-refractivity contribution in [2.24, 2.45) is 0 Å². The number of nitrogens with one attached hydrogen (secondary N) is 1. The van der Waals surface area contributed by atoms with Crippen LogP contribution in [0.1, 0.15) is 11.1 Å². The van der Waals surface area contributed by atoms with Gasteiger partial charge in [0.1, 0.15) is 5.75 Å². The fourth-order valence-electron chi connectivity index (χ4n) is 1.64. The number of hydrogen-bond donors (Lipinski definition) is 1. The summed E-state index contributed by atoms with van der Waals surface area (Å²) >= 11 is 5.84. The summed E-state index contributed by atoms with van der Waals surface area (Å²) in [6, 6.07) is 12.5. The van der Waals surface area contributed by atoms with Crippen molar-refractivity contribution in [2.45, 2.75) is 13.8 Å². The Bertz CT molecular complexity index is 611. The molecule has 0 fully saturated rings. The first-order chi connectivity index (χ1) is 9.06. The maximum Gasteiger partial charge on any atom is 0.417 e. The highest BCUT2D eigenvalue weighted by Crippen LogP contribution is 2.21. The standard InChI is InChI=1S/C15H14ClNO2/c1-10-5-3-8-14(11(10)2)19-15(18)17-13-7-4-6-12(16)9-13/h3-9H,1-2H3,(H,17,18). The van der Waals surface area contributed by atoms with Crippen LogP contribution in [0.4, 0.5) is 10.5 Å². The number of rotatable bonds is 2. The minimum absolute atomic E-state index is 0.532. The molecule has 1 N–H and O–H groups in total. The molecule has 3 nitrogen and oxygen atoms in total. The maximum atomic E-state index is 11.8. The Morgan fingerprint density at radius 3 is 2.63 bits per heavy atom. The second-order valence-corrected chi connectivity index (χ2v) is 4.66. The molecular formula is C15H14ClNO2. The van der Waals surface area contributed by atoms with Gasteiger partial charge in [-0.1, -0.05) is 29.8 Å². The SMILES string of the molecule is Cc1cccc(OC(=O)Nc2cccc(Cl)c2)c1C. The fraction of sp³-hybridized carbons (Fsp3) is 0.133. The van der Waals surface area contributed by atoms with Gasteiger partial charge in [0.15, 0.2) is 0 Å². The number of hydrogen-bond acceptors (Lipinski definition) is 2. The summed E-state index contributed by atoms with van der Waals surface area (Å²) in [5.74, 6) is 0.555. The number of halogens is 1. The molecule has 0 aliphatic carbocycles. The third-order valence-electron chi connectivity index (χ3n) is 2.83. The minimum atomic E-state index is -0.532. The van der Waals surface area contributed by atoms with Gasteiger partial charge in [-0.15, -0.1) is 0 Å². The molecule has 0 heterocycles. The quantitative estimate of drug-likeness (QED) is 0.872. The normalized spacial score (nSPS) is 10.1. The summed E-state index contributed by atoms with van der Waals surface area (Å²) in [7, 11) is 0. The smallest absolute Gasteiger partial charge is 0.410 e. The van der Waals surface area contributed by atoms with Crippen molar-refractivity contribution >= 4 is 23.4 Å². The van der Waals surface area contributed by atoms with Crippen LogP contribution < -0.4 is 10.1 Å². The topological polar surface area (TPSA) is 38.3 Å². The molecule has 4 heteroatoms. The van der Waals surface area contributed by atoms with Crippen LogP contribution in [0.15, 0.2) is 42.5 Å². The number of carbonyl (C=O) groups excluding carboxylic acids is 1. The summed E-state index contributed by atoms with van der Waals surface area (Å²) in [4.78, 5) is 11.8. The molecule has 2 aromatic carbocycles. The van der Waals surface area contributed by atoms with E-state index in [4.69, 9.17) is 16.3 Å². The first-order valence-corrected chi connectivity index (χ1v) is 6.24. The maximum absolute atomic E-state index is 11.8. The molecule has 98 valence electrons. The van der Waals surface area contributed by atoms with Gasteiger partial charge < -0.3 is 4.74 Å². The number of aryl methyl sites for hydroxylation is 1. The van der Waals surface area contributed by atoms with E-state index in [1.807, 2.05) is 26.0 Å². The van der Waals surface area contributed by atoms with Gasteiger partial charge in [-0.2, -0.15) is 0 Å². The van der Waals surface area contributed by atoms with E-state index in [1.165, 1.54) is 0 Å². The number of amides is 1. The zero-order valence-electron chi connectivity index (χ0n) is 10.7. The van der Waals surface area contributed by atoms with Crippen molar-refractivity contribution in [3.8, 4) is 5.75 Å². The summed E-state index contributed by atoms with van der Waals surface area (Å²) < 4.78 is 5.28. The van der Waals surface area contributed by atoms with E-state index in [2.05, 4.69) is 5.32 Å².